The maximum absolute atomic E-state index is 11.4. The second-order valence-corrected chi connectivity index (χ2v) is 11.0. The summed E-state index contributed by atoms with van der Waals surface area (Å²) in [6.45, 7) is 0. The van der Waals surface area contributed by atoms with Crippen LogP contribution in [-0.4, -0.2) is 21.8 Å². The summed E-state index contributed by atoms with van der Waals surface area (Å²) in [5.74, 6) is 0.225. The third kappa shape index (κ3) is 6.44. The van der Waals surface area contributed by atoms with E-state index in [4.69, 9.17) is 4.98 Å². The molecule has 1 fully saturated rings. The van der Waals surface area contributed by atoms with E-state index in [1.807, 2.05) is 30.0 Å². The number of thioether (sulfide) groups is 1. The highest BCUT2D eigenvalue weighted by Gasteiger charge is 2.44. The number of fused-ring (bicyclic) bond motifs is 1. The number of hydrogen-bond acceptors (Lipinski definition) is 3. The molecule has 5 rings (SSSR count). The van der Waals surface area contributed by atoms with E-state index in [0.29, 0.717) is 5.25 Å². The predicted molar refractivity (Wildman–Crippen MR) is 151 cm³/mol. The number of para-hydroxylation sites is 1. The van der Waals surface area contributed by atoms with Crippen LogP contribution in [0.25, 0.3) is 23.1 Å². The predicted octanol–water partition coefficient (Wildman–Crippen LogP) is 8.07. The molecule has 1 aliphatic carbocycles. The molecule has 1 saturated carbocycles. The van der Waals surface area contributed by atoms with Crippen molar-refractivity contribution in [2.75, 3.05) is 5.75 Å². The summed E-state index contributed by atoms with van der Waals surface area (Å²) in [4.78, 5) is 16.1. The molecule has 1 heterocycles. The summed E-state index contributed by atoms with van der Waals surface area (Å²) in [7, 11) is 0. The molecule has 36 heavy (non-hydrogen) atoms. The van der Waals surface area contributed by atoms with Crippen LogP contribution in [0.1, 0.15) is 53.3 Å². The van der Waals surface area contributed by atoms with Crippen molar-refractivity contribution in [3.63, 3.8) is 0 Å². The molecule has 0 saturated heterocycles. The number of hydrogen-bond donors (Lipinski definition) is 1. The van der Waals surface area contributed by atoms with Crippen LogP contribution in [-0.2, 0) is 11.2 Å². The standard InChI is InChI=1S/C32H31NO2S/c34-31(35)22-32(19-20-32)23-36-30(18-14-24-7-2-1-3-8-24)27-11-6-9-25(21-27)13-16-28-17-15-26-10-4-5-12-29(26)33-28/h1-13,15-17,21,30H,14,18-20,22-23H2,(H,34,35)/b16-13+/t30-/m1/s1. The number of aromatic nitrogens is 1. The maximum atomic E-state index is 11.4. The van der Waals surface area contributed by atoms with Gasteiger partial charge < -0.3 is 5.11 Å². The third-order valence-electron chi connectivity index (χ3n) is 6.96. The minimum absolute atomic E-state index is 0.0131. The molecule has 0 aliphatic heterocycles. The maximum Gasteiger partial charge on any atom is 0.303 e. The van der Waals surface area contributed by atoms with Crippen LogP contribution in [0.3, 0.4) is 0 Å². The van der Waals surface area contributed by atoms with E-state index in [9.17, 15) is 9.90 Å². The molecular formula is C32H31NO2S. The summed E-state index contributed by atoms with van der Waals surface area (Å²) in [5.41, 5.74) is 5.73. The van der Waals surface area contributed by atoms with Gasteiger partial charge in [0.1, 0.15) is 0 Å². The van der Waals surface area contributed by atoms with Gasteiger partial charge in [0.05, 0.1) is 17.6 Å². The first-order chi connectivity index (χ1) is 17.6. The quantitative estimate of drug-likeness (QED) is 0.229. The van der Waals surface area contributed by atoms with Crippen molar-refractivity contribution in [1.29, 1.82) is 0 Å². The van der Waals surface area contributed by atoms with Crippen molar-refractivity contribution in [3.05, 3.63) is 113 Å². The molecule has 3 aromatic carbocycles. The van der Waals surface area contributed by atoms with Gasteiger partial charge in [0, 0.05) is 16.4 Å². The Labute approximate surface area is 217 Å². The van der Waals surface area contributed by atoms with E-state index in [1.165, 1.54) is 11.1 Å². The van der Waals surface area contributed by atoms with Crippen molar-refractivity contribution in [2.45, 2.75) is 37.4 Å². The second kappa shape index (κ2) is 11.1. The van der Waals surface area contributed by atoms with Crippen LogP contribution in [0.5, 0.6) is 0 Å². The lowest BCUT2D eigenvalue weighted by Gasteiger charge is -2.21. The third-order valence-corrected chi connectivity index (χ3v) is 8.65. The van der Waals surface area contributed by atoms with Gasteiger partial charge in [-0.2, -0.15) is 11.8 Å². The Bertz CT molecular complexity index is 1360. The zero-order chi connectivity index (χ0) is 24.8. The molecule has 182 valence electrons. The lowest BCUT2D eigenvalue weighted by atomic mass is 10.0. The van der Waals surface area contributed by atoms with Crippen molar-refractivity contribution in [3.8, 4) is 0 Å². The van der Waals surface area contributed by atoms with Gasteiger partial charge in [0.2, 0.25) is 0 Å². The van der Waals surface area contributed by atoms with Crippen LogP contribution in [0.15, 0.2) is 91.0 Å². The second-order valence-electron chi connectivity index (χ2n) is 9.83. The van der Waals surface area contributed by atoms with Gasteiger partial charge in [-0.3, -0.25) is 4.79 Å². The fourth-order valence-corrected chi connectivity index (χ4v) is 6.22. The molecule has 1 aromatic heterocycles. The van der Waals surface area contributed by atoms with Gasteiger partial charge in [-0.05, 0) is 66.0 Å². The molecule has 3 nitrogen and oxygen atoms in total. The number of pyridine rings is 1. The van der Waals surface area contributed by atoms with Crippen LogP contribution >= 0.6 is 11.8 Å². The summed E-state index contributed by atoms with van der Waals surface area (Å²) >= 11 is 1.93. The van der Waals surface area contributed by atoms with Crippen LogP contribution in [0.2, 0.25) is 0 Å². The highest BCUT2D eigenvalue weighted by molar-refractivity contribution is 7.99. The number of aryl methyl sites for hydroxylation is 1. The molecule has 0 unspecified atom stereocenters. The normalized spacial score (nSPS) is 15.2. The van der Waals surface area contributed by atoms with Gasteiger partial charge in [-0.25, -0.2) is 4.98 Å². The Morgan fingerprint density at radius 3 is 2.56 bits per heavy atom. The average molecular weight is 494 g/mol. The fraction of sp³-hybridized carbons (Fsp3) is 0.250. The first kappa shape index (κ1) is 24.3. The molecule has 1 aliphatic rings. The minimum atomic E-state index is -0.677. The van der Waals surface area contributed by atoms with E-state index < -0.39 is 5.97 Å². The number of benzene rings is 3. The smallest absolute Gasteiger partial charge is 0.303 e. The van der Waals surface area contributed by atoms with Gasteiger partial charge in [0.15, 0.2) is 0 Å². The van der Waals surface area contributed by atoms with Crippen molar-refractivity contribution in [1.82, 2.24) is 4.98 Å². The summed E-state index contributed by atoms with van der Waals surface area (Å²) in [5, 5.41) is 10.8. The number of carboxylic acids is 1. The van der Waals surface area contributed by atoms with Crippen molar-refractivity contribution < 1.29 is 9.90 Å². The molecule has 4 aromatic rings. The topological polar surface area (TPSA) is 50.2 Å². The van der Waals surface area contributed by atoms with E-state index in [1.54, 1.807) is 0 Å². The highest BCUT2D eigenvalue weighted by Crippen LogP contribution is 2.53. The molecule has 0 amide bonds. The lowest BCUT2D eigenvalue weighted by molar-refractivity contribution is -0.138. The Balaban J connectivity index is 1.33. The molecule has 1 atom stereocenters. The number of rotatable bonds is 11. The van der Waals surface area contributed by atoms with Gasteiger partial charge in [0.25, 0.3) is 0 Å². The number of nitrogens with zero attached hydrogens (tertiary/aromatic N) is 1. The summed E-state index contributed by atoms with van der Waals surface area (Å²) < 4.78 is 0. The highest BCUT2D eigenvalue weighted by atomic mass is 32.2. The van der Waals surface area contributed by atoms with Gasteiger partial charge in [-0.15, -0.1) is 0 Å². The largest absolute Gasteiger partial charge is 0.481 e. The SMILES string of the molecule is O=C(O)CC1(CS[C@H](CCc2ccccc2)c2cccc(/C=C/c3ccc4ccccc4n3)c2)CC1. The minimum Gasteiger partial charge on any atom is -0.481 e. The van der Waals surface area contributed by atoms with E-state index in [0.717, 1.165) is 53.6 Å². The summed E-state index contributed by atoms with van der Waals surface area (Å²) in [6.07, 6.45) is 8.57. The number of aliphatic carboxylic acids is 1. The summed E-state index contributed by atoms with van der Waals surface area (Å²) in [6, 6.07) is 31.7. The molecule has 0 radical (unpaired) electrons. The molecule has 1 N–H and O–H groups in total. The Kier molecular flexibility index (Phi) is 7.52. The van der Waals surface area contributed by atoms with E-state index >= 15 is 0 Å². The number of carbonyl (C=O) groups is 1. The van der Waals surface area contributed by atoms with E-state index in [-0.39, 0.29) is 11.8 Å². The van der Waals surface area contributed by atoms with E-state index in [2.05, 4.69) is 84.9 Å². The Hall–Kier alpha value is -3.37. The molecule has 0 spiro atoms. The van der Waals surface area contributed by atoms with Crippen molar-refractivity contribution >= 4 is 40.8 Å². The fourth-order valence-electron chi connectivity index (χ4n) is 4.65. The Morgan fingerprint density at radius 1 is 0.944 bits per heavy atom. The van der Waals surface area contributed by atoms with Crippen molar-refractivity contribution in [2.24, 2.45) is 5.41 Å². The number of carboxylic acid groups (broad SMARTS) is 1. The monoisotopic (exact) mass is 493 g/mol. The average Bonchev–Trinajstić information content (AvgIpc) is 3.66. The Morgan fingerprint density at radius 2 is 1.75 bits per heavy atom. The lowest BCUT2D eigenvalue weighted by Crippen LogP contribution is -2.12. The first-order valence-corrected chi connectivity index (χ1v) is 13.6. The van der Waals surface area contributed by atoms with Crippen LogP contribution in [0, 0.1) is 5.41 Å². The zero-order valence-electron chi connectivity index (χ0n) is 20.3. The molecule has 0 bridgehead atoms. The van der Waals surface area contributed by atoms with Gasteiger partial charge >= 0.3 is 5.97 Å². The molecular weight excluding hydrogens is 462 g/mol. The van der Waals surface area contributed by atoms with Crippen LogP contribution < -0.4 is 0 Å². The van der Waals surface area contributed by atoms with Crippen LogP contribution in [0.4, 0.5) is 0 Å². The first-order valence-electron chi connectivity index (χ1n) is 12.6. The van der Waals surface area contributed by atoms with Gasteiger partial charge in [-0.1, -0.05) is 84.9 Å². The molecule has 4 heteroatoms. The zero-order valence-corrected chi connectivity index (χ0v) is 21.2.